The first-order chi connectivity index (χ1) is 21.8. The van der Waals surface area contributed by atoms with Gasteiger partial charge in [-0.1, -0.05) is 0 Å². The number of rotatable bonds is 6. The third-order valence-electron chi connectivity index (χ3n) is 11.2. The summed E-state index contributed by atoms with van der Waals surface area (Å²) in [5.41, 5.74) is 20.7. The Labute approximate surface area is 311 Å². The Hall–Kier alpha value is -1.96. The molecule has 2 aliphatic carbocycles. The zero-order valence-corrected chi connectivity index (χ0v) is 36.0. The van der Waals surface area contributed by atoms with Crippen LogP contribution in [0, 0.1) is 27.7 Å². The second kappa shape index (κ2) is 15.1. The predicted molar refractivity (Wildman–Crippen MR) is 200 cm³/mol. The molecule has 0 fully saturated rings. The van der Waals surface area contributed by atoms with Gasteiger partial charge in [0.25, 0.3) is 0 Å². The molecule has 0 aromatic heterocycles. The SMILES string of the molecule is CC1=C(C)[CH]([Zr+2]([CH]2C(C)=C(C)c3c(C(C)C)ccc(C)c32)=[Si](c2ccc(C)cc2)c2ccc(C)cc2)c2c(C)ccc(C(C)C)c21.[Cl-].[Cl-]. The van der Waals surface area contributed by atoms with Crippen LogP contribution >= 0.6 is 0 Å². The summed E-state index contributed by atoms with van der Waals surface area (Å²) < 4.78 is 1.10. The van der Waals surface area contributed by atoms with Crippen LogP contribution in [0.25, 0.3) is 11.1 Å². The van der Waals surface area contributed by atoms with E-state index in [0.717, 1.165) is 0 Å². The molecule has 0 saturated heterocycles. The van der Waals surface area contributed by atoms with Gasteiger partial charge in [0.15, 0.2) is 0 Å². The van der Waals surface area contributed by atoms with Gasteiger partial charge in [0.2, 0.25) is 0 Å². The molecular formula is C44H52Cl2SiZr. The molecule has 250 valence electrons. The van der Waals surface area contributed by atoms with Crippen molar-refractivity contribution in [1.29, 1.82) is 0 Å². The summed E-state index contributed by atoms with van der Waals surface area (Å²) in [6.45, 7) is 28.8. The molecule has 0 saturated carbocycles. The Kier molecular flexibility index (Phi) is 12.2. The predicted octanol–water partition coefficient (Wildman–Crippen LogP) is 5.00. The van der Waals surface area contributed by atoms with E-state index in [1.54, 1.807) is 54.9 Å². The molecule has 0 spiro atoms. The fraction of sp³-hybridized carbons (Fsp3) is 0.364. The Morgan fingerprint density at radius 3 is 1.12 bits per heavy atom. The average molecular weight is 771 g/mol. The molecule has 0 amide bonds. The van der Waals surface area contributed by atoms with Crippen molar-refractivity contribution in [3.63, 3.8) is 0 Å². The van der Waals surface area contributed by atoms with Crippen molar-refractivity contribution in [2.45, 2.75) is 102 Å². The number of halogens is 2. The van der Waals surface area contributed by atoms with Gasteiger partial charge >= 0.3 is 289 Å². The molecule has 4 aromatic carbocycles. The van der Waals surface area contributed by atoms with Crippen molar-refractivity contribution in [2.24, 2.45) is 0 Å². The topological polar surface area (TPSA) is 0 Å². The van der Waals surface area contributed by atoms with E-state index in [-0.39, 0.29) is 24.8 Å². The van der Waals surface area contributed by atoms with Gasteiger partial charge in [-0.25, -0.2) is 0 Å². The minimum absolute atomic E-state index is 0. The summed E-state index contributed by atoms with van der Waals surface area (Å²) in [5.74, 6) is 1.02. The largest absolute Gasteiger partial charge is 1.00 e. The van der Waals surface area contributed by atoms with Gasteiger partial charge in [-0.3, -0.25) is 0 Å². The molecular weight excluding hydrogens is 719 g/mol. The molecule has 4 aromatic rings. The van der Waals surface area contributed by atoms with E-state index >= 15 is 0 Å². The van der Waals surface area contributed by atoms with Gasteiger partial charge in [-0.05, 0) is 0 Å². The minimum atomic E-state index is -2.69. The molecule has 0 heterocycles. The van der Waals surface area contributed by atoms with Gasteiger partial charge in [-0.2, -0.15) is 0 Å². The molecule has 6 rings (SSSR count). The maximum absolute atomic E-state index is 2.69. The molecule has 4 heteroatoms. The molecule has 0 N–H and O–H groups in total. The number of benzene rings is 4. The first-order valence-electron chi connectivity index (χ1n) is 17.3. The smallest absolute Gasteiger partial charge is 1.00 e. The van der Waals surface area contributed by atoms with Crippen LogP contribution in [0.2, 0.25) is 0 Å². The third-order valence-corrected chi connectivity index (χ3v) is 32.1. The van der Waals surface area contributed by atoms with E-state index < -0.39 is 25.8 Å². The fourth-order valence-corrected chi connectivity index (χ4v) is 34.5. The summed E-state index contributed by atoms with van der Waals surface area (Å²) >= 11 is -2.69. The second-order valence-corrected chi connectivity index (χ2v) is 29.0. The number of fused-ring (bicyclic) bond motifs is 2. The van der Waals surface area contributed by atoms with Crippen molar-refractivity contribution in [2.75, 3.05) is 0 Å². The average Bonchev–Trinajstić information content (AvgIpc) is 3.43. The normalized spacial score (nSPS) is 16.4. The van der Waals surface area contributed by atoms with Crippen LogP contribution < -0.4 is 35.2 Å². The molecule has 0 bridgehead atoms. The Morgan fingerprint density at radius 2 is 0.812 bits per heavy atom. The molecule has 0 radical (unpaired) electrons. The van der Waals surface area contributed by atoms with E-state index in [2.05, 4.69) is 156 Å². The van der Waals surface area contributed by atoms with E-state index in [4.69, 9.17) is 0 Å². The number of hydrogen-bond donors (Lipinski definition) is 0. The maximum Gasteiger partial charge on any atom is -1.00 e. The van der Waals surface area contributed by atoms with Crippen LogP contribution in [0.5, 0.6) is 0 Å². The van der Waals surface area contributed by atoms with Gasteiger partial charge in [0.05, 0.1) is 0 Å². The standard InChI is InChI=1S/2C15H19.C14H14Si.2ClH.Zr/c2*1-9(2)13-7-6-10(3)14-8-11(4)12(5)15(13)14;1-11-3-7-13(8-4-11)15-14-9-5-12(2)6-10-14;;;/h2*6-9H,1-5H3;3-10H,1-2H3;2*1H;/q;;;;;+2/p-2. The van der Waals surface area contributed by atoms with Gasteiger partial charge in [0, 0.05) is 0 Å². The zero-order chi connectivity index (χ0) is 33.2. The first-order valence-corrected chi connectivity index (χ1v) is 25.4. The van der Waals surface area contributed by atoms with E-state index in [1.807, 2.05) is 0 Å². The molecule has 2 unspecified atom stereocenters. The summed E-state index contributed by atoms with van der Waals surface area (Å²) in [5, 5.41) is 3.23. The van der Waals surface area contributed by atoms with Crippen molar-refractivity contribution < 1.29 is 45.2 Å². The molecule has 48 heavy (non-hydrogen) atoms. The van der Waals surface area contributed by atoms with Crippen molar-refractivity contribution in [3.05, 3.63) is 140 Å². The van der Waals surface area contributed by atoms with Crippen LogP contribution in [0.4, 0.5) is 0 Å². The first kappa shape index (κ1) is 38.8. The van der Waals surface area contributed by atoms with Crippen molar-refractivity contribution >= 4 is 27.0 Å². The zero-order valence-electron chi connectivity index (χ0n) is 31.0. The van der Waals surface area contributed by atoms with Crippen molar-refractivity contribution in [3.8, 4) is 0 Å². The van der Waals surface area contributed by atoms with Gasteiger partial charge in [0.1, 0.15) is 0 Å². The molecule has 0 aliphatic heterocycles. The van der Waals surface area contributed by atoms with Crippen LogP contribution in [0.15, 0.2) is 83.9 Å². The quantitative estimate of drug-likeness (QED) is 0.243. The van der Waals surface area contributed by atoms with E-state index in [0.29, 0.717) is 19.1 Å². The third kappa shape index (κ3) is 6.50. The van der Waals surface area contributed by atoms with E-state index in [1.165, 1.54) is 33.4 Å². The van der Waals surface area contributed by atoms with Crippen LogP contribution in [0.1, 0.15) is 130 Å². The second-order valence-electron chi connectivity index (χ2n) is 14.9. The maximum atomic E-state index is 2.52. The monoisotopic (exact) mass is 768 g/mol. The summed E-state index contributed by atoms with van der Waals surface area (Å²) in [7, 11) is 0. The number of aryl methyl sites for hydroxylation is 4. The summed E-state index contributed by atoms with van der Waals surface area (Å²) in [6, 6.07) is 29.4. The minimum Gasteiger partial charge on any atom is -1.00 e. The Balaban J connectivity index is 0.00000260. The van der Waals surface area contributed by atoms with Gasteiger partial charge < -0.3 is 24.8 Å². The Bertz CT molecular complexity index is 1820. The number of allylic oxidation sites excluding steroid dienone is 4. The Morgan fingerprint density at radius 1 is 0.479 bits per heavy atom. The van der Waals surface area contributed by atoms with Crippen LogP contribution in [0.3, 0.4) is 0 Å². The van der Waals surface area contributed by atoms with Crippen LogP contribution in [-0.2, 0) is 20.4 Å². The summed E-state index contributed by atoms with van der Waals surface area (Å²) in [4.78, 5) is 0. The van der Waals surface area contributed by atoms with Crippen LogP contribution in [-0.4, -0.2) is 5.43 Å². The molecule has 0 nitrogen and oxygen atoms in total. The van der Waals surface area contributed by atoms with Crippen molar-refractivity contribution in [1.82, 2.24) is 0 Å². The van der Waals surface area contributed by atoms with E-state index in [9.17, 15) is 0 Å². The molecule has 2 aliphatic rings. The molecule has 2 atom stereocenters. The fourth-order valence-electron chi connectivity index (χ4n) is 8.46. The van der Waals surface area contributed by atoms with Gasteiger partial charge in [-0.15, -0.1) is 0 Å². The number of hydrogen-bond acceptors (Lipinski definition) is 0. The summed E-state index contributed by atoms with van der Waals surface area (Å²) in [6.07, 6.45) is 0.